The Labute approximate surface area is 121 Å². The van der Waals surface area contributed by atoms with Crippen LogP contribution in [-0.2, 0) is 4.74 Å². The van der Waals surface area contributed by atoms with Crippen molar-refractivity contribution in [3.8, 4) is 0 Å². The van der Waals surface area contributed by atoms with E-state index in [-0.39, 0.29) is 5.60 Å². The van der Waals surface area contributed by atoms with E-state index in [4.69, 9.17) is 10.6 Å². The van der Waals surface area contributed by atoms with Crippen LogP contribution in [0.25, 0.3) is 0 Å². The minimum Gasteiger partial charge on any atom is -0.374 e. The first-order valence-corrected chi connectivity index (χ1v) is 9.07. The molecule has 2 saturated heterocycles. The van der Waals surface area contributed by atoms with Gasteiger partial charge >= 0.3 is 0 Å². The maximum absolute atomic E-state index is 6.15. The Bertz CT molecular complexity index is 307. The van der Waals surface area contributed by atoms with Crippen LogP contribution in [0.15, 0.2) is 0 Å². The molecule has 3 rings (SSSR count). The predicted molar refractivity (Wildman–Crippen MR) is 81.0 cm³/mol. The fourth-order valence-electron chi connectivity index (χ4n) is 4.55. The summed E-state index contributed by atoms with van der Waals surface area (Å²) < 4.78 is 6.15. The van der Waals surface area contributed by atoms with Gasteiger partial charge in [-0.3, -0.25) is 11.3 Å². The van der Waals surface area contributed by atoms with Gasteiger partial charge in [-0.25, -0.2) is 0 Å². The third-order valence-corrected chi connectivity index (χ3v) is 6.91. The van der Waals surface area contributed by atoms with Gasteiger partial charge in [-0.05, 0) is 49.2 Å². The molecule has 5 unspecified atom stereocenters. The number of nitrogens with one attached hydrogen (secondary N) is 1. The molecule has 0 bridgehead atoms. The second-order valence-corrected chi connectivity index (χ2v) is 7.96. The summed E-state index contributed by atoms with van der Waals surface area (Å²) >= 11 is 2.06. The fraction of sp³-hybridized carbons (Fsp3) is 1.00. The molecule has 2 heterocycles. The second-order valence-electron chi connectivity index (χ2n) is 6.85. The summed E-state index contributed by atoms with van der Waals surface area (Å²) in [5.74, 6) is 10.7. The van der Waals surface area contributed by atoms with E-state index in [2.05, 4.69) is 24.1 Å². The summed E-state index contributed by atoms with van der Waals surface area (Å²) in [6, 6.07) is 0.504. The Kier molecular flexibility index (Phi) is 4.42. The lowest BCUT2D eigenvalue weighted by Crippen LogP contribution is -2.52. The van der Waals surface area contributed by atoms with Gasteiger partial charge in [0, 0.05) is 18.4 Å². The standard InChI is InChI=1S/C15H28N2OS/c1-11-3-2-4-13(11)14(17-16)12-5-7-18-15(9-12)6-8-19-10-15/h11-14,17H,2-10,16H2,1H3. The summed E-state index contributed by atoms with van der Waals surface area (Å²) in [5, 5.41) is 0. The van der Waals surface area contributed by atoms with Crippen molar-refractivity contribution in [2.45, 2.75) is 57.1 Å². The zero-order valence-electron chi connectivity index (χ0n) is 12.1. The van der Waals surface area contributed by atoms with E-state index in [1.165, 1.54) is 50.0 Å². The van der Waals surface area contributed by atoms with Crippen LogP contribution in [0.1, 0.15) is 45.4 Å². The van der Waals surface area contributed by atoms with E-state index >= 15 is 0 Å². The highest BCUT2D eigenvalue weighted by Gasteiger charge is 2.44. The van der Waals surface area contributed by atoms with E-state index < -0.39 is 0 Å². The number of rotatable bonds is 3. The SMILES string of the molecule is CC1CCCC1C(NN)C1CCOC2(CCSC2)C1. The molecule has 0 aromatic heterocycles. The molecule has 0 amide bonds. The number of ether oxygens (including phenoxy) is 1. The van der Waals surface area contributed by atoms with Crippen LogP contribution in [-0.4, -0.2) is 29.8 Å². The van der Waals surface area contributed by atoms with E-state index in [1.54, 1.807) is 0 Å². The largest absolute Gasteiger partial charge is 0.374 e. The predicted octanol–water partition coefficient (Wildman–Crippen LogP) is 2.56. The first kappa shape index (κ1) is 14.2. The van der Waals surface area contributed by atoms with Gasteiger partial charge in [0.25, 0.3) is 0 Å². The number of hydrogen-bond donors (Lipinski definition) is 2. The molecule has 5 atom stereocenters. The molecule has 3 aliphatic rings. The molecule has 2 aliphatic heterocycles. The summed E-state index contributed by atoms with van der Waals surface area (Å²) in [7, 11) is 0. The highest BCUT2D eigenvalue weighted by Crippen LogP contribution is 2.44. The maximum atomic E-state index is 6.15. The number of hydrazine groups is 1. The number of thioether (sulfide) groups is 1. The van der Waals surface area contributed by atoms with E-state index in [0.717, 1.165) is 18.4 Å². The van der Waals surface area contributed by atoms with Crippen molar-refractivity contribution in [1.29, 1.82) is 0 Å². The van der Waals surface area contributed by atoms with Gasteiger partial charge in [0.1, 0.15) is 0 Å². The zero-order valence-corrected chi connectivity index (χ0v) is 12.9. The lowest BCUT2D eigenvalue weighted by atomic mass is 9.75. The minimum absolute atomic E-state index is 0.185. The van der Waals surface area contributed by atoms with Crippen molar-refractivity contribution >= 4 is 11.8 Å². The highest BCUT2D eigenvalue weighted by atomic mass is 32.2. The average molecular weight is 284 g/mol. The summed E-state index contributed by atoms with van der Waals surface area (Å²) in [4.78, 5) is 0. The van der Waals surface area contributed by atoms with Crippen LogP contribution in [0.3, 0.4) is 0 Å². The second kappa shape index (κ2) is 5.92. The van der Waals surface area contributed by atoms with Crippen molar-refractivity contribution < 1.29 is 4.74 Å². The molecular weight excluding hydrogens is 256 g/mol. The Morgan fingerprint density at radius 3 is 2.89 bits per heavy atom. The van der Waals surface area contributed by atoms with Gasteiger partial charge in [0.15, 0.2) is 0 Å². The smallest absolute Gasteiger partial charge is 0.0783 e. The Balaban J connectivity index is 1.68. The lowest BCUT2D eigenvalue weighted by molar-refractivity contribution is -0.0892. The first-order chi connectivity index (χ1) is 9.24. The summed E-state index contributed by atoms with van der Waals surface area (Å²) in [6.45, 7) is 3.34. The third-order valence-electron chi connectivity index (χ3n) is 5.69. The van der Waals surface area contributed by atoms with Crippen LogP contribution >= 0.6 is 11.8 Å². The van der Waals surface area contributed by atoms with E-state index in [9.17, 15) is 0 Å². The Morgan fingerprint density at radius 1 is 1.37 bits per heavy atom. The van der Waals surface area contributed by atoms with Gasteiger partial charge in [-0.15, -0.1) is 0 Å². The van der Waals surface area contributed by atoms with E-state index in [0.29, 0.717) is 12.0 Å². The lowest BCUT2D eigenvalue weighted by Gasteiger charge is -2.43. The topological polar surface area (TPSA) is 47.3 Å². The van der Waals surface area contributed by atoms with Crippen molar-refractivity contribution in [3.63, 3.8) is 0 Å². The van der Waals surface area contributed by atoms with E-state index in [1.807, 2.05) is 0 Å². The minimum atomic E-state index is 0.185. The molecule has 110 valence electrons. The van der Waals surface area contributed by atoms with Crippen molar-refractivity contribution in [3.05, 3.63) is 0 Å². The normalized spacial score (nSPS) is 44.8. The molecule has 1 saturated carbocycles. The quantitative estimate of drug-likeness (QED) is 0.618. The average Bonchev–Trinajstić information content (AvgIpc) is 3.02. The summed E-state index contributed by atoms with van der Waals surface area (Å²) in [5.41, 5.74) is 3.37. The monoisotopic (exact) mass is 284 g/mol. The van der Waals surface area contributed by atoms with Crippen molar-refractivity contribution in [1.82, 2.24) is 5.43 Å². The van der Waals surface area contributed by atoms with Gasteiger partial charge < -0.3 is 4.74 Å². The fourth-order valence-corrected chi connectivity index (χ4v) is 5.93. The maximum Gasteiger partial charge on any atom is 0.0783 e. The summed E-state index contributed by atoms with van der Waals surface area (Å²) in [6.07, 6.45) is 7.77. The van der Waals surface area contributed by atoms with Crippen LogP contribution < -0.4 is 11.3 Å². The molecule has 1 spiro atoms. The Morgan fingerprint density at radius 2 is 2.26 bits per heavy atom. The first-order valence-electron chi connectivity index (χ1n) is 7.92. The molecule has 0 aromatic carbocycles. The van der Waals surface area contributed by atoms with Crippen molar-refractivity contribution in [2.75, 3.05) is 18.1 Å². The number of nitrogens with two attached hydrogens (primary N) is 1. The molecular formula is C15H28N2OS. The van der Waals surface area contributed by atoms with Gasteiger partial charge in [-0.2, -0.15) is 11.8 Å². The molecule has 3 nitrogen and oxygen atoms in total. The Hall–Kier alpha value is 0.230. The molecule has 1 aliphatic carbocycles. The number of hydrogen-bond acceptors (Lipinski definition) is 4. The van der Waals surface area contributed by atoms with Gasteiger partial charge in [-0.1, -0.05) is 19.8 Å². The highest BCUT2D eigenvalue weighted by molar-refractivity contribution is 7.99. The van der Waals surface area contributed by atoms with Crippen LogP contribution in [0.2, 0.25) is 0 Å². The van der Waals surface area contributed by atoms with Gasteiger partial charge in [0.05, 0.1) is 5.60 Å². The van der Waals surface area contributed by atoms with Crippen LogP contribution in [0.4, 0.5) is 0 Å². The molecule has 3 N–H and O–H groups in total. The molecule has 19 heavy (non-hydrogen) atoms. The third kappa shape index (κ3) is 2.82. The van der Waals surface area contributed by atoms with Crippen LogP contribution in [0.5, 0.6) is 0 Å². The van der Waals surface area contributed by atoms with Crippen molar-refractivity contribution in [2.24, 2.45) is 23.6 Å². The van der Waals surface area contributed by atoms with Crippen LogP contribution in [0, 0.1) is 17.8 Å². The molecule has 4 heteroatoms. The molecule has 0 aromatic rings. The zero-order chi connectivity index (χ0) is 13.3. The molecule has 0 radical (unpaired) electrons. The van der Waals surface area contributed by atoms with Gasteiger partial charge in [0.2, 0.25) is 0 Å². The molecule has 3 fully saturated rings.